The lowest BCUT2D eigenvalue weighted by Crippen LogP contribution is -2.49. The zero-order chi connectivity index (χ0) is 13.4. The van der Waals surface area contributed by atoms with Gasteiger partial charge in [-0.05, 0) is 25.8 Å². The molecular weight excluding hydrogens is 236 g/mol. The molecule has 1 aliphatic heterocycles. The molecule has 0 radical (unpaired) electrons. The molecule has 1 aliphatic rings. The molecule has 1 saturated heterocycles. The largest absolute Gasteiger partial charge is 0.480 e. The standard InChI is InChI=1S/C12H22N2O4/c1-18-8-4-6-13-11(15)9-14-7-3-2-5-10(14)12(16)17/h10H,2-9H2,1H3,(H,13,15)(H,16,17). The lowest BCUT2D eigenvalue weighted by Gasteiger charge is -2.32. The molecule has 0 aromatic carbocycles. The lowest BCUT2D eigenvalue weighted by atomic mass is 10.0. The third-order valence-corrected chi connectivity index (χ3v) is 3.09. The van der Waals surface area contributed by atoms with Crippen LogP contribution < -0.4 is 5.32 Å². The summed E-state index contributed by atoms with van der Waals surface area (Å²) in [6.07, 6.45) is 3.28. The fraction of sp³-hybridized carbons (Fsp3) is 0.833. The van der Waals surface area contributed by atoms with Crippen LogP contribution in [0.4, 0.5) is 0 Å². The van der Waals surface area contributed by atoms with E-state index in [9.17, 15) is 9.59 Å². The van der Waals surface area contributed by atoms with E-state index < -0.39 is 12.0 Å². The van der Waals surface area contributed by atoms with Crippen molar-refractivity contribution in [3.05, 3.63) is 0 Å². The van der Waals surface area contributed by atoms with Crippen LogP contribution in [0.3, 0.4) is 0 Å². The van der Waals surface area contributed by atoms with E-state index in [1.807, 2.05) is 0 Å². The Kier molecular flexibility index (Phi) is 6.67. The Balaban J connectivity index is 2.30. The van der Waals surface area contributed by atoms with E-state index >= 15 is 0 Å². The number of rotatable bonds is 7. The van der Waals surface area contributed by atoms with Crippen LogP contribution in [0.2, 0.25) is 0 Å². The maximum Gasteiger partial charge on any atom is 0.320 e. The molecule has 18 heavy (non-hydrogen) atoms. The van der Waals surface area contributed by atoms with Gasteiger partial charge in [-0.25, -0.2) is 0 Å². The Morgan fingerprint density at radius 1 is 1.44 bits per heavy atom. The Morgan fingerprint density at radius 2 is 2.22 bits per heavy atom. The highest BCUT2D eigenvalue weighted by Crippen LogP contribution is 2.16. The Bertz CT molecular complexity index is 283. The summed E-state index contributed by atoms with van der Waals surface area (Å²) in [7, 11) is 1.62. The van der Waals surface area contributed by atoms with Gasteiger partial charge in [0.15, 0.2) is 0 Å². The molecule has 0 saturated carbocycles. The molecule has 6 nitrogen and oxygen atoms in total. The molecule has 0 aliphatic carbocycles. The van der Waals surface area contributed by atoms with E-state index in [-0.39, 0.29) is 12.5 Å². The van der Waals surface area contributed by atoms with Crippen LogP contribution >= 0.6 is 0 Å². The molecule has 1 amide bonds. The fourth-order valence-electron chi connectivity index (χ4n) is 2.14. The summed E-state index contributed by atoms with van der Waals surface area (Å²) in [5, 5.41) is 11.8. The highest BCUT2D eigenvalue weighted by Gasteiger charge is 2.29. The first-order valence-corrected chi connectivity index (χ1v) is 6.37. The van der Waals surface area contributed by atoms with Crippen LogP contribution in [0.15, 0.2) is 0 Å². The number of carboxylic acid groups (broad SMARTS) is 1. The van der Waals surface area contributed by atoms with Crippen LogP contribution in [0.1, 0.15) is 25.7 Å². The maximum atomic E-state index is 11.7. The van der Waals surface area contributed by atoms with E-state index in [1.165, 1.54) is 0 Å². The van der Waals surface area contributed by atoms with Crippen molar-refractivity contribution in [3.63, 3.8) is 0 Å². The van der Waals surface area contributed by atoms with Crippen molar-refractivity contribution in [2.45, 2.75) is 31.7 Å². The summed E-state index contributed by atoms with van der Waals surface area (Å²) < 4.78 is 4.88. The van der Waals surface area contributed by atoms with Crippen molar-refractivity contribution < 1.29 is 19.4 Å². The third kappa shape index (κ3) is 5.01. The van der Waals surface area contributed by atoms with Gasteiger partial charge in [-0.2, -0.15) is 0 Å². The minimum atomic E-state index is -0.832. The summed E-state index contributed by atoms with van der Waals surface area (Å²) in [6.45, 7) is 2.03. The molecule has 0 spiro atoms. The number of piperidine rings is 1. The van der Waals surface area contributed by atoms with Crippen LogP contribution in [0.25, 0.3) is 0 Å². The second-order valence-corrected chi connectivity index (χ2v) is 4.52. The summed E-state index contributed by atoms with van der Waals surface area (Å²) in [6, 6.07) is -0.511. The number of carboxylic acids is 1. The van der Waals surface area contributed by atoms with Crippen molar-refractivity contribution in [2.75, 3.05) is 33.4 Å². The number of likely N-dealkylation sites (tertiary alicyclic amines) is 1. The molecule has 104 valence electrons. The molecule has 6 heteroatoms. The number of methoxy groups -OCH3 is 1. The molecule has 2 N–H and O–H groups in total. The molecular formula is C12H22N2O4. The fourth-order valence-corrected chi connectivity index (χ4v) is 2.14. The number of carbonyl (C=O) groups is 2. The zero-order valence-electron chi connectivity index (χ0n) is 10.9. The third-order valence-electron chi connectivity index (χ3n) is 3.09. The number of ether oxygens (including phenoxy) is 1. The van der Waals surface area contributed by atoms with Crippen molar-refractivity contribution in [1.82, 2.24) is 10.2 Å². The smallest absolute Gasteiger partial charge is 0.320 e. The SMILES string of the molecule is COCCCNC(=O)CN1CCCCC1C(=O)O. The van der Waals surface area contributed by atoms with Gasteiger partial charge in [0.25, 0.3) is 0 Å². The second-order valence-electron chi connectivity index (χ2n) is 4.52. The normalized spacial score (nSPS) is 20.6. The number of hydrogen-bond acceptors (Lipinski definition) is 4. The monoisotopic (exact) mass is 258 g/mol. The number of nitrogens with one attached hydrogen (secondary N) is 1. The predicted octanol–water partition coefficient (Wildman–Crippen LogP) is 0.0782. The quantitative estimate of drug-likeness (QED) is 0.632. The first kappa shape index (κ1) is 14.9. The highest BCUT2D eigenvalue weighted by atomic mass is 16.5. The minimum Gasteiger partial charge on any atom is -0.480 e. The predicted molar refractivity (Wildman–Crippen MR) is 66.4 cm³/mol. The number of carbonyl (C=O) groups excluding carboxylic acids is 1. The Hall–Kier alpha value is -1.14. The lowest BCUT2D eigenvalue weighted by molar-refractivity contribution is -0.145. The van der Waals surface area contributed by atoms with Gasteiger partial charge in [0, 0.05) is 20.3 Å². The van der Waals surface area contributed by atoms with E-state index in [2.05, 4.69) is 5.32 Å². The number of aliphatic carboxylic acids is 1. The van der Waals surface area contributed by atoms with Gasteiger partial charge in [-0.15, -0.1) is 0 Å². The zero-order valence-corrected chi connectivity index (χ0v) is 10.9. The number of hydrogen-bond donors (Lipinski definition) is 2. The molecule has 0 aromatic heterocycles. The molecule has 0 bridgehead atoms. The topological polar surface area (TPSA) is 78.9 Å². The summed E-state index contributed by atoms with van der Waals surface area (Å²) >= 11 is 0. The van der Waals surface area contributed by atoms with Gasteiger partial charge in [-0.1, -0.05) is 6.42 Å². The van der Waals surface area contributed by atoms with Crippen molar-refractivity contribution in [2.24, 2.45) is 0 Å². The van der Waals surface area contributed by atoms with Gasteiger partial charge in [0.2, 0.25) is 5.91 Å². The van der Waals surface area contributed by atoms with Gasteiger partial charge < -0.3 is 15.2 Å². The van der Waals surface area contributed by atoms with E-state index in [0.29, 0.717) is 26.1 Å². The number of amides is 1. The Morgan fingerprint density at radius 3 is 2.89 bits per heavy atom. The molecule has 1 heterocycles. The molecule has 1 atom stereocenters. The van der Waals surface area contributed by atoms with E-state index in [0.717, 1.165) is 19.3 Å². The highest BCUT2D eigenvalue weighted by molar-refractivity contribution is 5.80. The van der Waals surface area contributed by atoms with Crippen LogP contribution in [0.5, 0.6) is 0 Å². The second kappa shape index (κ2) is 8.05. The van der Waals surface area contributed by atoms with Gasteiger partial charge >= 0.3 is 5.97 Å². The van der Waals surface area contributed by atoms with Gasteiger partial charge in [-0.3, -0.25) is 14.5 Å². The average molecular weight is 258 g/mol. The van der Waals surface area contributed by atoms with Crippen LogP contribution in [-0.4, -0.2) is 61.3 Å². The van der Waals surface area contributed by atoms with Crippen molar-refractivity contribution in [1.29, 1.82) is 0 Å². The summed E-state index contributed by atoms with van der Waals surface area (Å²) in [5.74, 6) is -0.943. The van der Waals surface area contributed by atoms with Crippen LogP contribution in [0, 0.1) is 0 Å². The molecule has 0 aromatic rings. The van der Waals surface area contributed by atoms with Gasteiger partial charge in [0.1, 0.15) is 6.04 Å². The first-order valence-electron chi connectivity index (χ1n) is 6.37. The number of nitrogens with zero attached hydrogens (tertiary/aromatic N) is 1. The van der Waals surface area contributed by atoms with Crippen molar-refractivity contribution in [3.8, 4) is 0 Å². The van der Waals surface area contributed by atoms with Crippen molar-refractivity contribution >= 4 is 11.9 Å². The van der Waals surface area contributed by atoms with E-state index in [4.69, 9.17) is 9.84 Å². The maximum absolute atomic E-state index is 11.7. The molecule has 1 fully saturated rings. The summed E-state index contributed by atoms with van der Waals surface area (Å²) in [5.41, 5.74) is 0. The molecule has 1 unspecified atom stereocenters. The van der Waals surface area contributed by atoms with Crippen LogP contribution in [-0.2, 0) is 14.3 Å². The first-order chi connectivity index (χ1) is 8.65. The average Bonchev–Trinajstić information content (AvgIpc) is 2.35. The van der Waals surface area contributed by atoms with Gasteiger partial charge in [0.05, 0.1) is 6.54 Å². The Labute approximate surface area is 107 Å². The van der Waals surface area contributed by atoms with E-state index in [1.54, 1.807) is 12.0 Å². The summed E-state index contributed by atoms with van der Waals surface area (Å²) in [4.78, 5) is 24.5. The minimum absolute atomic E-state index is 0.112. The molecule has 1 rings (SSSR count).